The van der Waals surface area contributed by atoms with Gasteiger partial charge in [0.1, 0.15) is 5.75 Å². The summed E-state index contributed by atoms with van der Waals surface area (Å²) in [5, 5.41) is 15.0. The third-order valence-electron chi connectivity index (χ3n) is 4.92. The molecule has 0 fully saturated rings. The van der Waals surface area contributed by atoms with Crippen LogP contribution in [0, 0.1) is 16.0 Å². The summed E-state index contributed by atoms with van der Waals surface area (Å²) in [6.45, 7) is 0. The predicted octanol–water partition coefficient (Wildman–Crippen LogP) is 3.82. The first kappa shape index (κ1) is 14.7. The van der Waals surface area contributed by atoms with E-state index in [1.54, 1.807) is 19.4 Å². The Morgan fingerprint density at radius 3 is 2.96 bits per heavy atom. The minimum Gasteiger partial charge on any atom is -0.495 e. The molecule has 1 aromatic carbocycles. The van der Waals surface area contributed by atoms with Gasteiger partial charge in [0.2, 0.25) is 0 Å². The monoisotopic (exact) mass is 323 g/mol. The highest BCUT2D eigenvalue weighted by Gasteiger charge is 2.42. The van der Waals surface area contributed by atoms with Crippen LogP contribution in [-0.4, -0.2) is 17.0 Å². The van der Waals surface area contributed by atoms with Crippen LogP contribution in [0.3, 0.4) is 0 Å². The molecule has 6 heteroatoms. The van der Waals surface area contributed by atoms with Gasteiger partial charge in [0.05, 0.1) is 29.3 Å². The van der Waals surface area contributed by atoms with E-state index < -0.39 is 0 Å². The lowest BCUT2D eigenvalue weighted by atomic mass is 9.76. The molecule has 3 atom stereocenters. The molecule has 1 N–H and O–H groups in total. The lowest BCUT2D eigenvalue weighted by Crippen LogP contribution is -2.30. The maximum absolute atomic E-state index is 11.5. The Kier molecular flexibility index (Phi) is 3.45. The van der Waals surface area contributed by atoms with Crippen molar-refractivity contribution in [3.63, 3.8) is 0 Å². The molecule has 4 rings (SSSR count). The Morgan fingerprint density at radius 2 is 2.25 bits per heavy atom. The fraction of sp³-hybridized carbons (Fsp3) is 0.278. The van der Waals surface area contributed by atoms with Crippen LogP contribution in [0.15, 0.2) is 48.8 Å². The van der Waals surface area contributed by atoms with Crippen molar-refractivity contribution in [2.75, 3.05) is 12.4 Å². The van der Waals surface area contributed by atoms with E-state index in [1.165, 1.54) is 6.07 Å². The summed E-state index contributed by atoms with van der Waals surface area (Å²) in [5.41, 5.74) is 2.66. The molecule has 0 saturated carbocycles. The van der Waals surface area contributed by atoms with E-state index in [9.17, 15) is 10.1 Å². The van der Waals surface area contributed by atoms with Gasteiger partial charge >= 0.3 is 0 Å². The molecule has 2 aromatic rings. The van der Waals surface area contributed by atoms with Gasteiger partial charge in [-0.1, -0.05) is 18.2 Å². The zero-order valence-electron chi connectivity index (χ0n) is 13.2. The van der Waals surface area contributed by atoms with E-state index in [1.807, 2.05) is 18.3 Å². The Bertz CT molecular complexity index is 820. The van der Waals surface area contributed by atoms with E-state index >= 15 is 0 Å². The van der Waals surface area contributed by atoms with Crippen molar-refractivity contribution in [3.8, 4) is 5.75 Å². The third kappa shape index (κ3) is 2.14. The van der Waals surface area contributed by atoms with Crippen molar-refractivity contribution in [1.82, 2.24) is 4.98 Å². The Hall–Kier alpha value is -2.89. The number of allylic oxidation sites excluding steroid dienone is 2. The fourth-order valence-corrected chi connectivity index (χ4v) is 3.88. The molecule has 0 radical (unpaired) electrons. The number of hydrogen-bond acceptors (Lipinski definition) is 5. The van der Waals surface area contributed by atoms with Gasteiger partial charge in [-0.25, -0.2) is 0 Å². The maximum Gasteiger partial charge on any atom is 0.275 e. The summed E-state index contributed by atoms with van der Waals surface area (Å²) in [5.74, 6) is 0.859. The predicted molar refractivity (Wildman–Crippen MR) is 90.2 cm³/mol. The van der Waals surface area contributed by atoms with Gasteiger partial charge in [0.15, 0.2) is 0 Å². The smallest absolute Gasteiger partial charge is 0.275 e. The molecule has 0 amide bonds. The summed E-state index contributed by atoms with van der Waals surface area (Å²) in [7, 11) is 1.58. The number of methoxy groups -OCH3 is 1. The van der Waals surface area contributed by atoms with Crippen LogP contribution >= 0.6 is 0 Å². The average molecular weight is 323 g/mol. The number of fused-ring (bicyclic) bond motifs is 3. The Balaban J connectivity index is 1.90. The van der Waals surface area contributed by atoms with Crippen LogP contribution in [0.25, 0.3) is 0 Å². The number of nitro groups is 1. The SMILES string of the molecule is COc1ccc([N+](=O)[O-])c2c1N[C@@H](c1cccnc1)[C@H]1CC=C[C@H]21. The quantitative estimate of drug-likeness (QED) is 0.528. The van der Waals surface area contributed by atoms with Crippen molar-refractivity contribution in [3.05, 3.63) is 70.1 Å². The number of aromatic nitrogens is 1. The molecule has 6 nitrogen and oxygen atoms in total. The third-order valence-corrected chi connectivity index (χ3v) is 4.92. The van der Waals surface area contributed by atoms with Gasteiger partial charge in [0, 0.05) is 24.4 Å². The van der Waals surface area contributed by atoms with Gasteiger partial charge in [-0.15, -0.1) is 0 Å². The number of rotatable bonds is 3. The van der Waals surface area contributed by atoms with Crippen LogP contribution in [0.5, 0.6) is 5.75 Å². The van der Waals surface area contributed by atoms with Crippen LogP contribution in [0.4, 0.5) is 11.4 Å². The van der Waals surface area contributed by atoms with Gasteiger partial charge in [-0.2, -0.15) is 0 Å². The van der Waals surface area contributed by atoms with Crippen molar-refractivity contribution in [2.24, 2.45) is 5.92 Å². The van der Waals surface area contributed by atoms with E-state index in [-0.39, 0.29) is 28.5 Å². The van der Waals surface area contributed by atoms with Crippen LogP contribution in [0.2, 0.25) is 0 Å². The highest BCUT2D eigenvalue weighted by Crippen LogP contribution is 2.54. The molecule has 0 bridgehead atoms. The van der Waals surface area contributed by atoms with Crippen molar-refractivity contribution >= 4 is 11.4 Å². The minimum atomic E-state index is -0.312. The Morgan fingerprint density at radius 1 is 1.38 bits per heavy atom. The van der Waals surface area contributed by atoms with Crippen molar-refractivity contribution in [1.29, 1.82) is 0 Å². The summed E-state index contributed by atoms with van der Waals surface area (Å²) in [6, 6.07) is 7.18. The molecule has 1 aromatic heterocycles. The normalized spacial score (nSPS) is 24.0. The number of anilines is 1. The summed E-state index contributed by atoms with van der Waals surface area (Å²) < 4.78 is 5.46. The molecule has 0 spiro atoms. The topological polar surface area (TPSA) is 77.3 Å². The molecular weight excluding hydrogens is 306 g/mol. The zero-order valence-corrected chi connectivity index (χ0v) is 13.2. The summed E-state index contributed by atoms with van der Waals surface area (Å²) in [6.07, 6.45) is 8.67. The van der Waals surface area contributed by atoms with Crippen LogP contribution in [0.1, 0.15) is 29.5 Å². The minimum absolute atomic E-state index is 0.00181. The number of ether oxygens (including phenoxy) is 1. The zero-order chi connectivity index (χ0) is 16.7. The second-order valence-corrected chi connectivity index (χ2v) is 6.09. The van der Waals surface area contributed by atoms with Gasteiger partial charge in [-0.3, -0.25) is 15.1 Å². The van der Waals surface area contributed by atoms with E-state index in [4.69, 9.17) is 4.74 Å². The molecule has 0 unspecified atom stereocenters. The van der Waals surface area contributed by atoms with Gasteiger partial charge < -0.3 is 10.1 Å². The van der Waals surface area contributed by atoms with E-state index in [0.717, 1.165) is 17.5 Å². The maximum atomic E-state index is 11.5. The highest BCUT2D eigenvalue weighted by atomic mass is 16.6. The molecule has 1 aliphatic heterocycles. The second-order valence-electron chi connectivity index (χ2n) is 6.09. The first-order valence-corrected chi connectivity index (χ1v) is 7.89. The lowest BCUT2D eigenvalue weighted by molar-refractivity contribution is -0.385. The number of benzene rings is 1. The second kappa shape index (κ2) is 5.63. The highest BCUT2D eigenvalue weighted by molar-refractivity contribution is 5.73. The van der Waals surface area contributed by atoms with Crippen molar-refractivity contribution in [2.45, 2.75) is 18.4 Å². The van der Waals surface area contributed by atoms with Crippen LogP contribution < -0.4 is 10.1 Å². The standard InChI is InChI=1S/C18H17N3O3/c1-24-15-8-7-14(21(22)23)16-12-5-2-6-13(12)17(20-18(15)16)11-4-3-9-19-10-11/h2-5,7-10,12-13,17,20H,6H2,1H3/t12-,13-,17-/m0/s1. The largest absolute Gasteiger partial charge is 0.495 e. The number of pyridine rings is 1. The summed E-state index contributed by atoms with van der Waals surface area (Å²) >= 11 is 0. The molecule has 122 valence electrons. The molecule has 24 heavy (non-hydrogen) atoms. The van der Waals surface area contributed by atoms with Gasteiger partial charge in [0.25, 0.3) is 5.69 Å². The van der Waals surface area contributed by atoms with E-state index in [0.29, 0.717) is 11.4 Å². The van der Waals surface area contributed by atoms with Gasteiger partial charge in [-0.05, 0) is 30.0 Å². The fourth-order valence-electron chi connectivity index (χ4n) is 3.88. The van der Waals surface area contributed by atoms with E-state index in [2.05, 4.69) is 22.5 Å². The first-order chi connectivity index (χ1) is 11.7. The number of hydrogen-bond donors (Lipinski definition) is 1. The average Bonchev–Trinajstić information content (AvgIpc) is 3.10. The van der Waals surface area contributed by atoms with Crippen molar-refractivity contribution < 1.29 is 9.66 Å². The lowest BCUT2D eigenvalue weighted by Gasteiger charge is -2.37. The van der Waals surface area contributed by atoms with Crippen LogP contribution in [-0.2, 0) is 0 Å². The molecular formula is C18H17N3O3. The first-order valence-electron chi connectivity index (χ1n) is 7.89. The summed E-state index contributed by atoms with van der Waals surface area (Å²) in [4.78, 5) is 15.4. The Labute approximate surface area is 139 Å². The molecule has 0 saturated heterocycles. The number of nitrogens with zero attached hydrogens (tertiary/aromatic N) is 2. The number of nitro benzene ring substituents is 1. The molecule has 2 aliphatic rings. The molecule has 1 aliphatic carbocycles. The number of nitrogens with one attached hydrogen (secondary N) is 1. The molecule has 2 heterocycles.